The summed E-state index contributed by atoms with van der Waals surface area (Å²) in [6.07, 6.45) is 6.60. The number of aliphatic hydroxyl groups is 1. The largest absolute Gasteiger partial charge is 0.396 e. The van der Waals surface area contributed by atoms with Crippen LogP contribution in [0.3, 0.4) is 0 Å². The molecule has 98 valence electrons. The average molecular weight is 248 g/mol. The van der Waals surface area contributed by atoms with Crippen molar-refractivity contribution in [3.05, 3.63) is 24.0 Å². The summed E-state index contributed by atoms with van der Waals surface area (Å²) in [7, 11) is 0. The molecular formula is C14H20N2O2. The first kappa shape index (κ1) is 11.8. The van der Waals surface area contributed by atoms with Gasteiger partial charge in [0.25, 0.3) is 5.91 Å². The third-order valence-electron chi connectivity index (χ3n) is 4.30. The SMILES string of the molecule is O=C(c1cccn1C1CCC1)N1CCC(CO)C1. The number of likely N-dealkylation sites (tertiary alicyclic amines) is 1. The van der Waals surface area contributed by atoms with E-state index in [2.05, 4.69) is 4.57 Å². The van der Waals surface area contributed by atoms with Crippen molar-refractivity contribution in [1.29, 1.82) is 0 Å². The van der Waals surface area contributed by atoms with E-state index in [-0.39, 0.29) is 18.4 Å². The van der Waals surface area contributed by atoms with Gasteiger partial charge in [0.1, 0.15) is 5.69 Å². The fourth-order valence-electron chi connectivity index (χ4n) is 2.89. The third kappa shape index (κ3) is 1.94. The molecule has 2 heterocycles. The smallest absolute Gasteiger partial charge is 0.270 e. The number of hydrogen-bond donors (Lipinski definition) is 1. The molecule has 3 rings (SSSR count). The Morgan fingerprint density at radius 1 is 1.39 bits per heavy atom. The van der Waals surface area contributed by atoms with E-state index in [9.17, 15) is 4.79 Å². The van der Waals surface area contributed by atoms with Crippen molar-refractivity contribution >= 4 is 5.91 Å². The Bertz CT molecular complexity index is 437. The maximum Gasteiger partial charge on any atom is 0.270 e. The van der Waals surface area contributed by atoms with Crippen molar-refractivity contribution < 1.29 is 9.90 Å². The zero-order chi connectivity index (χ0) is 12.5. The minimum Gasteiger partial charge on any atom is -0.396 e. The molecule has 0 spiro atoms. The predicted octanol–water partition coefficient (Wildman–Crippen LogP) is 1.67. The molecule has 1 unspecified atom stereocenters. The van der Waals surface area contributed by atoms with Crippen LogP contribution in [0, 0.1) is 5.92 Å². The maximum absolute atomic E-state index is 12.5. The van der Waals surface area contributed by atoms with Gasteiger partial charge < -0.3 is 14.6 Å². The van der Waals surface area contributed by atoms with E-state index in [1.165, 1.54) is 19.3 Å². The number of hydrogen-bond acceptors (Lipinski definition) is 2. The summed E-state index contributed by atoms with van der Waals surface area (Å²) in [4.78, 5) is 14.3. The van der Waals surface area contributed by atoms with Gasteiger partial charge in [-0.15, -0.1) is 0 Å². The number of amides is 1. The highest BCUT2D eigenvalue weighted by atomic mass is 16.3. The highest BCUT2D eigenvalue weighted by molar-refractivity contribution is 5.93. The lowest BCUT2D eigenvalue weighted by atomic mass is 9.93. The van der Waals surface area contributed by atoms with Crippen LogP contribution in [-0.4, -0.2) is 40.2 Å². The van der Waals surface area contributed by atoms with Crippen molar-refractivity contribution in [2.24, 2.45) is 5.92 Å². The molecule has 0 aromatic carbocycles. The highest BCUT2D eigenvalue weighted by Crippen LogP contribution is 2.33. The molecule has 1 N–H and O–H groups in total. The Hall–Kier alpha value is -1.29. The summed E-state index contributed by atoms with van der Waals surface area (Å²) in [5.41, 5.74) is 0.818. The summed E-state index contributed by atoms with van der Waals surface area (Å²) in [5.74, 6) is 0.393. The maximum atomic E-state index is 12.5. The minimum atomic E-state index is 0.128. The van der Waals surface area contributed by atoms with Crippen LogP contribution in [-0.2, 0) is 0 Å². The van der Waals surface area contributed by atoms with Gasteiger partial charge in [0.2, 0.25) is 0 Å². The van der Waals surface area contributed by atoms with Crippen molar-refractivity contribution in [2.45, 2.75) is 31.7 Å². The molecular weight excluding hydrogens is 228 g/mol. The zero-order valence-electron chi connectivity index (χ0n) is 10.6. The van der Waals surface area contributed by atoms with Gasteiger partial charge >= 0.3 is 0 Å². The number of aliphatic hydroxyl groups excluding tert-OH is 1. The van der Waals surface area contributed by atoms with Crippen LogP contribution in [0.5, 0.6) is 0 Å². The zero-order valence-corrected chi connectivity index (χ0v) is 10.6. The van der Waals surface area contributed by atoms with Crippen LogP contribution in [0.4, 0.5) is 0 Å². The standard InChI is InChI=1S/C14H20N2O2/c17-10-11-6-8-15(9-11)14(18)13-5-2-7-16(13)12-3-1-4-12/h2,5,7,11-12,17H,1,3-4,6,8-10H2. The van der Waals surface area contributed by atoms with Gasteiger partial charge in [0.15, 0.2) is 0 Å². The normalized spacial score (nSPS) is 24.3. The van der Waals surface area contributed by atoms with Crippen LogP contribution in [0.1, 0.15) is 42.2 Å². The molecule has 1 saturated heterocycles. The van der Waals surface area contributed by atoms with Crippen molar-refractivity contribution in [3.8, 4) is 0 Å². The summed E-state index contributed by atoms with van der Waals surface area (Å²) in [6, 6.07) is 4.41. The molecule has 1 atom stereocenters. The first-order valence-electron chi connectivity index (χ1n) is 6.86. The molecule has 0 radical (unpaired) electrons. The Morgan fingerprint density at radius 2 is 2.22 bits per heavy atom. The molecule has 2 fully saturated rings. The van der Waals surface area contributed by atoms with Crippen LogP contribution in [0.2, 0.25) is 0 Å². The van der Waals surface area contributed by atoms with Gasteiger partial charge in [-0.25, -0.2) is 0 Å². The van der Waals surface area contributed by atoms with E-state index in [0.29, 0.717) is 12.6 Å². The molecule has 1 aromatic heterocycles. The summed E-state index contributed by atoms with van der Waals surface area (Å²) in [5, 5.41) is 9.14. The van der Waals surface area contributed by atoms with Crippen molar-refractivity contribution in [3.63, 3.8) is 0 Å². The van der Waals surface area contributed by atoms with Crippen molar-refractivity contribution in [2.75, 3.05) is 19.7 Å². The van der Waals surface area contributed by atoms with Crippen LogP contribution < -0.4 is 0 Å². The molecule has 18 heavy (non-hydrogen) atoms. The average Bonchev–Trinajstić information content (AvgIpc) is 2.94. The Balaban J connectivity index is 1.74. The predicted molar refractivity (Wildman–Crippen MR) is 68.4 cm³/mol. The fourth-order valence-corrected chi connectivity index (χ4v) is 2.89. The van der Waals surface area contributed by atoms with Gasteiger partial charge in [-0.2, -0.15) is 0 Å². The Labute approximate surface area is 107 Å². The number of aromatic nitrogens is 1. The summed E-state index contributed by atoms with van der Waals surface area (Å²) < 4.78 is 2.14. The summed E-state index contributed by atoms with van der Waals surface area (Å²) in [6.45, 7) is 1.67. The molecule has 0 bridgehead atoms. The molecule has 1 aromatic rings. The fraction of sp³-hybridized carbons (Fsp3) is 0.643. The second-order valence-electron chi connectivity index (χ2n) is 5.47. The van der Waals surface area contributed by atoms with Crippen molar-refractivity contribution in [1.82, 2.24) is 9.47 Å². The lowest BCUT2D eigenvalue weighted by Gasteiger charge is -2.29. The topological polar surface area (TPSA) is 45.5 Å². The second-order valence-corrected chi connectivity index (χ2v) is 5.47. The number of rotatable bonds is 3. The van der Waals surface area contributed by atoms with E-state index in [1.807, 2.05) is 23.2 Å². The summed E-state index contributed by atoms with van der Waals surface area (Å²) >= 11 is 0. The van der Waals surface area contributed by atoms with Crippen LogP contribution in [0.25, 0.3) is 0 Å². The Kier molecular flexibility index (Phi) is 3.12. The lowest BCUT2D eigenvalue weighted by molar-refractivity contribution is 0.0765. The molecule has 4 heteroatoms. The number of carbonyl (C=O) groups excluding carboxylic acids is 1. The second kappa shape index (κ2) is 4.76. The van der Waals surface area contributed by atoms with E-state index >= 15 is 0 Å². The van der Waals surface area contributed by atoms with Crippen LogP contribution >= 0.6 is 0 Å². The molecule has 1 aliphatic heterocycles. The molecule has 1 aliphatic carbocycles. The molecule has 2 aliphatic rings. The van der Waals surface area contributed by atoms with Gasteiger partial charge in [-0.3, -0.25) is 4.79 Å². The van der Waals surface area contributed by atoms with Crippen LogP contribution in [0.15, 0.2) is 18.3 Å². The quantitative estimate of drug-likeness (QED) is 0.884. The Morgan fingerprint density at radius 3 is 2.83 bits per heavy atom. The first-order valence-corrected chi connectivity index (χ1v) is 6.86. The van der Waals surface area contributed by atoms with E-state index in [0.717, 1.165) is 18.7 Å². The number of carbonyl (C=O) groups is 1. The van der Waals surface area contributed by atoms with Gasteiger partial charge in [-0.1, -0.05) is 0 Å². The van der Waals surface area contributed by atoms with E-state index in [4.69, 9.17) is 5.11 Å². The highest BCUT2D eigenvalue weighted by Gasteiger charge is 2.29. The van der Waals surface area contributed by atoms with Gasteiger partial charge in [0, 0.05) is 37.9 Å². The molecule has 4 nitrogen and oxygen atoms in total. The first-order chi connectivity index (χ1) is 8.79. The monoisotopic (exact) mass is 248 g/mol. The lowest BCUT2D eigenvalue weighted by Crippen LogP contribution is -2.32. The van der Waals surface area contributed by atoms with Gasteiger partial charge in [-0.05, 0) is 37.8 Å². The molecule has 1 amide bonds. The molecule has 1 saturated carbocycles. The van der Waals surface area contributed by atoms with E-state index < -0.39 is 0 Å². The number of nitrogens with zero attached hydrogens (tertiary/aromatic N) is 2. The van der Waals surface area contributed by atoms with E-state index in [1.54, 1.807) is 0 Å². The minimum absolute atomic E-state index is 0.128. The van der Waals surface area contributed by atoms with Gasteiger partial charge in [0.05, 0.1) is 0 Å². The third-order valence-corrected chi connectivity index (χ3v) is 4.30.